The SMILES string of the molecule is CC(=O)NC1C(OCCCCCCNC(=O)CCC(NC(=O)CCC(NC(=O)CCCCCCCCCNC(=O)[C@@H]2C[C@H](O)[C@@H](CO)O2)C(=O)NCCCCCCOC2OC(CO)C(O)C(O)C2NC(C)=O)C(=O)NCCCCCCOC2OC(CO)C(O)C(O)C2NC(C)=O)OC(CO)C(O)C1O. The highest BCUT2D eigenvalue weighted by Crippen LogP contribution is 2.27. The molecule has 0 aliphatic carbocycles. The zero-order chi connectivity index (χ0) is 76.5. The zero-order valence-corrected chi connectivity index (χ0v) is 60.5. The summed E-state index contributed by atoms with van der Waals surface area (Å²) in [5, 5.41) is 135. The predicted molar refractivity (Wildman–Crippen MR) is 367 cm³/mol. The highest BCUT2D eigenvalue weighted by molar-refractivity contribution is 5.90. The van der Waals surface area contributed by atoms with E-state index in [0.717, 1.165) is 32.1 Å². The molecule has 0 bridgehead atoms. The largest absolute Gasteiger partial charge is 0.394 e. The Labute approximate surface area is 607 Å². The Kier molecular flexibility index (Phi) is 44.5. The van der Waals surface area contributed by atoms with E-state index in [4.69, 9.17) is 33.2 Å². The Balaban J connectivity index is 1.31. The number of carbonyl (C=O) groups excluding carboxylic acids is 9. The van der Waals surface area contributed by atoms with Gasteiger partial charge in [0.15, 0.2) is 18.9 Å². The first kappa shape index (κ1) is 90.9. The lowest BCUT2D eigenvalue weighted by atomic mass is 9.97. The second-order valence-electron chi connectivity index (χ2n) is 27.1. The first-order chi connectivity index (χ1) is 49.8. The molecule has 4 fully saturated rings. The highest BCUT2D eigenvalue weighted by Gasteiger charge is 2.48. The van der Waals surface area contributed by atoms with Crippen LogP contribution in [0.2, 0.25) is 0 Å². The number of hydrogen-bond acceptors (Lipinski definition) is 27. The first-order valence-electron chi connectivity index (χ1n) is 37.0. The van der Waals surface area contributed by atoms with E-state index in [1.165, 1.54) is 20.8 Å². The number of aliphatic hydroxyl groups excluding tert-OH is 11. The van der Waals surface area contributed by atoms with Gasteiger partial charge in [-0.15, -0.1) is 0 Å². The Morgan fingerprint density at radius 1 is 0.365 bits per heavy atom. The van der Waals surface area contributed by atoms with Crippen molar-refractivity contribution in [2.24, 2.45) is 0 Å². The smallest absolute Gasteiger partial charge is 0.249 e. The minimum atomic E-state index is -1.47. The van der Waals surface area contributed by atoms with Gasteiger partial charge in [0.2, 0.25) is 53.2 Å². The summed E-state index contributed by atoms with van der Waals surface area (Å²) in [6.07, 6.45) is -6.45. The molecule has 36 heteroatoms. The van der Waals surface area contributed by atoms with Crippen molar-refractivity contribution < 1.29 is 132 Å². The minimum absolute atomic E-state index is 0.0907. The molecule has 0 aromatic carbocycles. The maximum atomic E-state index is 13.9. The van der Waals surface area contributed by atoms with Crippen molar-refractivity contribution in [3.63, 3.8) is 0 Å². The lowest BCUT2D eigenvalue weighted by Crippen LogP contribution is -2.64. The zero-order valence-electron chi connectivity index (χ0n) is 60.5. The Morgan fingerprint density at radius 2 is 0.683 bits per heavy atom. The lowest BCUT2D eigenvalue weighted by Gasteiger charge is -2.42. The van der Waals surface area contributed by atoms with Crippen LogP contribution in [0.1, 0.15) is 181 Å². The number of carbonyl (C=O) groups is 9. The van der Waals surface area contributed by atoms with Crippen LogP contribution in [0.25, 0.3) is 0 Å². The van der Waals surface area contributed by atoms with Gasteiger partial charge in [-0.1, -0.05) is 70.6 Å². The third-order valence-corrected chi connectivity index (χ3v) is 18.4. The third-order valence-electron chi connectivity index (χ3n) is 18.4. The molecule has 0 radical (unpaired) electrons. The van der Waals surface area contributed by atoms with Crippen LogP contribution in [0.3, 0.4) is 0 Å². The maximum Gasteiger partial charge on any atom is 0.249 e. The van der Waals surface area contributed by atoms with Crippen LogP contribution < -0.4 is 47.9 Å². The average Bonchev–Trinajstić information content (AvgIpc) is 1.09. The fourth-order valence-electron chi connectivity index (χ4n) is 12.5. The molecule has 9 amide bonds. The number of amides is 9. The number of aliphatic hydroxyl groups is 11. The number of nitrogens with one attached hydrogen (secondary N) is 9. The minimum Gasteiger partial charge on any atom is -0.394 e. The van der Waals surface area contributed by atoms with E-state index in [0.29, 0.717) is 96.4 Å². The molecule has 4 aliphatic heterocycles. The summed E-state index contributed by atoms with van der Waals surface area (Å²) in [6, 6.07) is -5.63. The molecule has 17 unspecified atom stereocenters. The van der Waals surface area contributed by atoms with E-state index in [-0.39, 0.29) is 90.5 Å². The molecule has 4 rings (SSSR count). The van der Waals surface area contributed by atoms with Crippen LogP contribution in [-0.2, 0) is 76.3 Å². The quantitative estimate of drug-likeness (QED) is 0.0254. The van der Waals surface area contributed by atoms with Crippen LogP contribution in [-0.4, -0.2) is 304 Å². The van der Waals surface area contributed by atoms with Crippen molar-refractivity contribution in [2.45, 2.75) is 304 Å². The lowest BCUT2D eigenvalue weighted by molar-refractivity contribution is -0.270. The first-order valence-corrected chi connectivity index (χ1v) is 37.0. The molecule has 0 aromatic heterocycles. The second kappa shape index (κ2) is 51.0. The Hall–Kier alpha value is -5.49. The molecule has 600 valence electrons. The van der Waals surface area contributed by atoms with Crippen molar-refractivity contribution in [1.29, 1.82) is 0 Å². The van der Waals surface area contributed by atoms with Gasteiger partial charge in [0.1, 0.15) is 97.4 Å². The summed E-state index contributed by atoms with van der Waals surface area (Å²) in [7, 11) is 0. The van der Waals surface area contributed by atoms with E-state index < -0.39 is 189 Å². The van der Waals surface area contributed by atoms with E-state index in [1.807, 2.05) is 0 Å². The van der Waals surface area contributed by atoms with Gasteiger partial charge in [0.05, 0.1) is 32.5 Å². The second-order valence-corrected chi connectivity index (χ2v) is 27.1. The summed E-state index contributed by atoms with van der Waals surface area (Å²) >= 11 is 0. The molecule has 0 spiro atoms. The van der Waals surface area contributed by atoms with E-state index in [9.17, 15) is 99.3 Å². The topological polar surface area (TPSA) is 549 Å². The monoisotopic (exact) mass is 1500 g/mol. The molecule has 4 heterocycles. The summed E-state index contributed by atoms with van der Waals surface area (Å²) in [6.45, 7) is 3.04. The highest BCUT2D eigenvalue weighted by atomic mass is 16.7. The van der Waals surface area contributed by atoms with Gasteiger partial charge >= 0.3 is 0 Å². The number of hydrogen-bond donors (Lipinski definition) is 20. The van der Waals surface area contributed by atoms with Crippen LogP contribution in [0.5, 0.6) is 0 Å². The molecular weight excluding hydrogens is 1370 g/mol. The van der Waals surface area contributed by atoms with E-state index in [2.05, 4.69) is 47.9 Å². The normalized spacial score (nSPS) is 28.1. The molecule has 4 aliphatic rings. The van der Waals surface area contributed by atoms with E-state index >= 15 is 0 Å². The molecule has 20 atom stereocenters. The van der Waals surface area contributed by atoms with Gasteiger partial charge in [0, 0.05) is 92.5 Å². The van der Waals surface area contributed by atoms with Crippen molar-refractivity contribution in [3.05, 3.63) is 0 Å². The average molecular weight is 1500 g/mol. The molecule has 20 N–H and O–H groups in total. The van der Waals surface area contributed by atoms with Crippen LogP contribution in [0.15, 0.2) is 0 Å². The van der Waals surface area contributed by atoms with Gasteiger partial charge in [-0.25, -0.2) is 0 Å². The van der Waals surface area contributed by atoms with Gasteiger partial charge in [0.25, 0.3) is 0 Å². The maximum absolute atomic E-state index is 13.9. The predicted octanol–water partition coefficient (Wildman–Crippen LogP) is -4.83. The number of rotatable bonds is 52. The summed E-state index contributed by atoms with van der Waals surface area (Å²) < 4.78 is 39.6. The van der Waals surface area contributed by atoms with Gasteiger partial charge in [-0.2, -0.15) is 0 Å². The van der Waals surface area contributed by atoms with Gasteiger partial charge in [-0.3, -0.25) is 43.2 Å². The van der Waals surface area contributed by atoms with Crippen molar-refractivity contribution >= 4 is 53.2 Å². The van der Waals surface area contributed by atoms with Crippen molar-refractivity contribution in [1.82, 2.24) is 47.9 Å². The Morgan fingerprint density at radius 3 is 1.04 bits per heavy atom. The van der Waals surface area contributed by atoms with E-state index in [1.54, 1.807) is 0 Å². The van der Waals surface area contributed by atoms with Gasteiger partial charge in [-0.05, 0) is 64.2 Å². The van der Waals surface area contributed by atoms with Crippen molar-refractivity contribution in [3.8, 4) is 0 Å². The standard InChI is InChI=1S/C68H121N9O27/c1-40(82)73-54-60(92)57(89)48(37-79)102-66(54)98-32-20-12-9-16-28-69-51(86)26-24-43(63(95)70-29-18-10-13-21-33-99-67-55(74-41(2)83)61(93)58(90)49(38-80)103-67)77-53(88)27-25-44(76-52(87)23-15-7-5-4-6-8-17-31-72-65(97)46-35-45(85)47(36-78)101-46)64(96)71-30-19-11-14-22-34-100-68-56(75-42(3)84)62(94)59(91)50(39-81)104-68/h43-50,54-62,66-68,78-81,85,89-94H,4-39H2,1-3H3,(H,69,86)(H,70,95)(H,71,96)(H,72,97)(H,73,82)(H,74,83)(H,75,84)(H,76,87)(H,77,88)/t43?,44?,45-,46-,47+,48?,49?,50?,54?,55?,56?,57?,58?,59?,60?,61?,62?,66?,67?,68?/m0/s1. The summed E-state index contributed by atoms with van der Waals surface area (Å²) in [4.78, 5) is 116. The van der Waals surface area contributed by atoms with Crippen molar-refractivity contribution in [2.75, 3.05) is 72.4 Å². The molecule has 36 nitrogen and oxygen atoms in total. The summed E-state index contributed by atoms with van der Waals surface area (Å²) in [5.74, 6) is -4.38. The molecule has 0 saturated carbocycles. The molecular formula is C68H121N9O27. The molecule has 104 heavy (non-hydrogen) atoms. The number of ether oxygens (including phenoxy) is 7. The van der Waals surface area contributed by atoms with Crippen LogP contribution in [0, 0.1) is 0 Å². The third kappa shape index (κ3) is 33.3. The molecule has 0 aromatic rings. The fraction of sp³-hybridized carbons (Fsp3) is 0.868. The number of unbranched alkanes of at least 4 members (excludes halogenated alkanes) is 15. The summed E-state index contributed by atoms with van der Waals surface area (Å²) in [5.41, 5.74) is 0. The van der Waals surface area contributed by atoms with Crippen LogP contribution >= 0.6 is 0 Å². The Bertz CT molecular complexity index is 2540. The molecule has 4 saturated heterocycles. The van der Waals surface area contributed by atoms with Gasteiger partial charge < -0.3 is 137 Å². The van der Waals surface area contributed by atoms with Crippen LogP contribution in [0.4, 0.5) is 0 Å². The fourth-order valence-corrected chi connectivity index (χ4v) is 12.5.